The van der Waals surface area contributed by atoms with Gasteiger partial charge in [-0.1, -0.05) is 42.5 Å². The van der Waals surface area contributed by atoms with E-state index in [1.165, 1.54) is 0 Å². The van der Waals surface area contributed by atoms with Gasteiger partial charge in [-0.3, -0.25) is 0 Å². The molecule has 120 valence electrons. The first kappa shape index (κ1) is 17.1. The first-order chi connectivity index (χ1) is 11.2. The molecular formula is C20H24N2O. The highest BCUT2D eigenvalue weighted by Crippen LogP contribution is 2.16. The second-order valence-electron chi connectivity index (χ2n) is 5.71. The number of hydrogen-bond donors (Lipinski definition) is 1. The van der Waals surface area contributed by atoms with Gasteiger partial charge in [0.25, 0.3) is 0 Å². The highest BCUT2D eigenvalue weighted by Gasteiger charge is 2.01. The van der Waals surface area contributed by atoms with Gasteiger partial charge in [0.1, 0.15) is 0 Å². The van der Waals surface area contributed by atoms with Crippen LogP contribution in [0.1, 0.15) is 37.3 Å². The van der Waals surface area contributed by atoms with Gasteiger partial charge in [0.15, 0.2) is 5.82 Å². The molecule has 0 radical (unpaired) electrons. The molecule has 0 aliphatic heterocycles. The first-order valence-electron chi connectivity index (χ1n) is 8.06. The molecule has 1 aromatic carbocycles. The largest absolute Gasteiger partial charge is 0.393 e. The third-order valence-corrected chi connectivity index (χ3v) is 3.56. The lowest BCUT2D eigenvalue weighted by atomic mass is 10.1. The van der Waals surface area contributed by atoms with Crippen molar-refractivity contribution < 1.29 is 5.11 Å². The van der Waals surface area contributed by atoms with E-state index in [2.05, 4.69) is 40.8 Å². The fraction of sp³-hybridized carbons (Fsp3) is 0.300. The lowest BCUT2D eigenvalue weighted by molar-refractivity contribution is 0.182. The predicted octanol–water partition coefficient (Wildman–Crippen LogP) is 4.44. The monoisotopic (exact) mass is 308 g/mol. The number of hydrogen-bond acceptors (Lipinski definition) is 3. The van der Waals surface area contributed by atoms with Crippen molar-refractivity contribution in [2.24, 2.45) is 0 Å². The summed E-state index contributed by atoms with van der Waals surface area (Å²) in [6, 6.07) is 8.22. The van der Waals surface area contributed by atoms with E-state index >= 15 is 0 Å². The number of rotatable bonds is 8. The number of nitrogens with zero attached hydrogens (tertiary/aromatic N) is 2. The van der Waals surface area contributed by atoms with E-state index in [1.807, 2.05) is 37.5 Å². The number of benzene rings is 1. The van der Waals surface area contributed by atoms with Crippen LogP contribution in [0.2, 0.25) is 0 Å². The Labute approximate surface area is 138 Å². The summed E-state index contributed by atoms with van der Waals surface area (Å²) in [6.45, 7) is 5.54. The zero-order valence-corrected chi connectivity index (χ0v) is 13.7. The second kappa shape index (κ2) is 9.01. The summed E-state index contributed by atoms with van der Waals surface area (Å²) >= 11 is 0. The van der Waals surface area contributed by atoms with E-state index < -0.39 is 0 Å². The molecule has 2 aromatic rings. The number of aromatic nitrogens is 2. The average Bonchev–Trinajstić information content (AvgIpc) is 2.56. The number of aliphatic hydroxyl groups excluding tert-OH is 1. The molecule has 0 fully saturated rings. The maximum Gasteiger partial charge on any atom is 0.159 e. The van der Waals surface area contributed by atoms with Crippen LogP contribution in [0.15, 0.2) is 55.4 Å². The van der Waals surface area contributed by atoms with Crippen molar-refractivity contribution in [1.82, 2.24) is 9.97 Å². The molecule has 0 saturated carbocycles. The quantitative estimate of drug-likeness (QED) is 0.579. The van der Waals surface area contributed by atoms with Gasteiger partial charge in [0.05, 0.1) is 6.10 Å². The van der Waals surface area contributed by atoms with Gasteiger partial charge in [-0.05, 0) is 43.7 Å². The Morgan fingerprint density at radius 3 is 2.48 bits per heavy atom. The van der Waals surface area contributed by atoms with Gasteiger partial charge in [0.2, 0.25) is 0 Å². The molecule has 3 nitrogen and oxygen atoms in total. The fourth-order valence-corrected chi connectivity index (χ4v) is 2.27. The van der Waals surface area contributed by atoms with E-state index in [0.717, 1.165) is 48.2 Å². The van der Waals surface area contributed by atoms with Crippen molar-refractivity contribution in [3.63, 3.8) is 0 Å². The van der Waals surface area contributed by atoms with E-state index in [-0.39, 0.29) is 6.10 Å². The molecule has 3 heteroatoms. The molecule has 0 bridgehead atoms. The fourth-order valence-electron chi connectivity index (χ4n) is 2.27. The lowest BCUT2D eigenvalue weighted by Gasteiger charge is -2.02. The van der Waals surface area contributed by atoms with Crippen LogP contribution in [0.5, 0.6) is 0 Å². The number of aliphatic hydroxyl groups is 1. The second-order valence-corrected chi connectivity index (χ2v) is 5.71. The summed E-state index contributed by atoms with van der Waals surface area (Å²) in [5, 5.41) is 9.21. The normalized spacial score (nSPS) is 12.4. The van der Waals surface area contributed by atoms with Crippen LogP contribution >= 0.6 is 0 Å². The summed E-state index contributed by atoms with van der Waals surface area (Å²) in [4.78, 5) is 8.80. The Morgan fingerprint density at radius 1 is 1.17 bits per heavy atom. The van der Waals surface area contributed by atoms with Crippen molar-refractivity contribution in [3.05, 3.63) is 66.5 Å². The van der Waals surface area contributed by atoms with Crippen LogP contribution in [0, 0.1) is 0 Å². The van der Waals surface area contributed by atoms with Crippen LogP contribution < -0.4 is 0 Å². The summed E-state index contributed by atoms with van der Waals surface area (Å²) in [7, 11) is 0. The number of allylic oxidation sites excluding steroid dienone is 2. The van der Waals surface area contributed by atoms with Crippen molar-refractivity contribution in [3.8, 4) is 11.4 Å². The Bertz CT molecular complexity index is 628. The molecule has 0 aliphatic rings. The standard InChI is InChI=1S/C20H24N2O/c1-3-7-18-14-21-20(22-15-18)19-12-10-17(11-13-19)9-6-4-5-8-16(2)23/h3,6,9-16,23H,1,4-5,7-8H2,2H3/b9-6+. The minimum Gasteiger partial charge on any atom is -0.393 e. The Morgan fingerprint density at radius 2 is 1.87 bits per heavy atom. The molecule has 0 saturated heterocycles. The minimum atomic E-state index is -0.208. The highest BCUT2D eigenvalue weighted by atomic mass is 16.3. The van der Waals surface area contributed by atoms with Crippen LogP contribution in [-0.4, -0.2) is 21.2 Å². The van der Waals surface area contributed by atoms with Gasteiger partial charge < -0.3 is 5.11 Å². The highest BCUT2D eigenvalue weighted by molar-refractivity contribution is 5.59. The summed E-state index contributed by atoms with van der Waals surface area (Å²) in [5.74, 6) is 0.741. The van der Waals surface area contributed by atoms with Crippen molar-refractivity contribution in [2.75, 3.05) is 0 Å². The first-order valence-corrected chi connectivity index (χ1v) is 8.06. The topological polar surface area (TPSA) is 46.0 Å². The smallest absolute Gasteiger partial charge is 0.159 e. The molecule has 2 rings (SSSR count). The molecule has 1 unspecified atom stereocenters. The van der Waals surface area contributed by atoms with Gasteiger partial charge >= 0.3 is 0 Å². The van der Waals surface area contributed by atoms with Crippen LogP contribution in [0.25, 0.3) is 17.5 Å². The summed E-state index contributed by atoms with van der Waals surface area (Å²) in [5.41, 5.74) is 3.25. The maximum absolute atomic E-state index is 9.21. The third-order valence-electron chi connectivity index (χ3n) is 3.56. The Kier molecular flexibility index (Phi) is 6.70. The maximum atomic E-state index is 9.21. The predicted molar refractivity (Wildman–Crippen MR) is 95.9 cm³/mol. The molecule has 0 spiro atoms. The SMILES string of the molecule is C=CCc1cnc(-c2ccc(/C=C/CCCC(C)O)cc2)nc1. The van der Waals surface area contributed by atoms with Crippen LogP contribution in [-0.2, 0) is 6.42 Å². The zero-order chi connectivity index (χ0) is 16.5. The van der Waals surface area contributed by atoms with E-state index in [9.17, 15) is 5.11 Å². The van der Waals surface area contributed by atoms with E-state index in [4.69, 9.17) is 0 Å². The van der Waals surface area contributed by atoms with Gasteiger partial charge in [-0.2, -0.15) is 0 Å². The molecule has 1 N–H and O–H groups in total. The van der Waals surface area contributed by atoms with Crippen molar-refractivity contribution >= 4 is 6.08 Å². The van der Waals surface area contributed by atoms with Crippen molar-refractivity contribution in [1.29, 1.82) is 0 Å². The van der Waals surface area contributed by atoms with Crippen molar-refractivity contribution in [2.45, 2.75) is 38.7 Å². The molecule has 23 heavy (non-hydrogen) atoms. The molecule has 1 atom stereocenters. The minimum absolute atomic E-state index is 0.208. The average molecular weight is 308 g/mol. The molecular weight excluding hydrogens is 284 g/mol. The van der Waals surface area contributed by atoms with E-state index in [0.29, 0.717) is 0 Å². The molecule has 1 heterocycles. The van der Waals surface area contributed by atoms with Crippen LogP contribution in [0.4, 0.5) is 0 Å². The molecule has 0 aliphatic carbocycles. The van der Waals surface area contributed by atoms with Gasteiger partial charge in [-0.15, -0.1) is 6.58 Å². The Balaban J connectivity index is 1.93. The summed E-state index contributed by atoms with van der Waals surface area (Å²) < 4.78 is 0. The number of unbranched alkanes of at least 4 members (excludes halogenated alkanes) is 1. The molecule has 1 aromatic heterocycles. The van der Waals surface area contributed by atoms with Crippen LogP contribution in [0.3, 0.4) is 0 Å². The van der Waals surface area contributed by atoms with E-state index in [1.54, 1.807) is 0 Å². The third kappa shape index (κ3) is 5.80. The zero-order valence-electron chi connectivity index (χ0n) is 13.7. The Hall–Kier alpha value is -2.26. The molecule has 0 amide bonds. The summed E-state index contributed by atoms with van der Waals surface area (Å²) in [6.07, 6.45) is 13.2. The van der Waals surface area contributed by atoms with Gasteiger partial charge in [0, 0.05) is 18.0 Å². The van der Waals surface area contributed by atoms with Gasteiger partial charge in [-0.25, -0.2) is 9.97 Å². The lowest BCUT2D eigenvalue weighted by Crippen LogP contribution is -1.97.